The van der Waals surface area contributed by atoms with E-state index in [1.54, 1.807) is 0 Å². The van der Waals surface area contributed by atoms with Crippen molar-refractivity contribution in [1.82, 2.24) is 10.6 Å². The second-order valence-corrected chi connectivity index (χ2v) is 4.27. The highest BCUT2D eigenvalue weighted by Crippen LogP contribution is 2.25. The van der Waals surface area contributed by atoms with Crippen molar-refractivity contribution >= 4 is 23.2 Å². The van der Waals surface area contributed by atoms with E-state index in [1.807, 2.05) is 6.92 Å². The number of hydrogen-bond acceptors (Lipinski definition) is 5. The highest BCUT2D eigenvalue weighted by atomic mass is 16.6. The third-order valence-corrected chi connectivity index (χ3v) is 2.71. The zero-order chi connectivity index (χ0) is 15.8. The molecule has 0 aliphatic heterocycles. The van der Waals surface area contributed by atoms with Crippen molar-refractivity contribution in [3.63, 3.8) is 0 Å². The number of carbonyl (C=O) groups is 2. The van der Waals surface area contributed by atoms with E-state index in [1.165, 1.54) is 25.2 Å². The summed E-state index contributed by atoms with van der Waals surface area (Å²) < 4.78 is 0. The van der Waals surface area contributed by atoms with Crippen molar-refractivity contribution in [3.8, 4) is 0 Å². The number of rotatable bonds is 7. The normalized spacial score (nSPS) is 9.81. The maximum absolute atomic E-state index is 11.8. The van der Waals surface area contributed by atoms with Crippen molar-refractivity contribution in [3.05, 3.63) is 33.9 Å². The topological polar surface area (TPSA) is 113 Å². The molecule has 0 aromatic heterocycles. The Hall–Kier alpha value is -2.64. The van der Waals surface area contributed by atoms with E-state index < -0.39 is 10.8 Å². The van der Waals surface area contributed by atoms with Gasteiger partial charge in [0.15, 0.2) is 0 Å². The van der Waals surface area contributed by atoms with Gasteiger partial charge < -0.3 is 16.0 Å². The molecule has 8 nitrogen and oxygen atoms in total. The van der Waals surface area contributed by atoms with Gasteiger partial charge in [0.25, 0.3) is 11.6 Å². The number of nitro groups is 1. The average Bonchev–Trinajstić information content (AvgIpc) is 2.49. The highest BCUT2D eigenvalue weighted by molar-refractivity contribution is 5.97. The summed E-state index contributed by atoms with van der Waals surface area (Å²) in [7, 11) is 1.45. The largest absolute Gasteiger partial charge is 0.380 e. The molecule has 0 unspecified atom stereocenters. The first-order chi connectivity index (χ1) is 9.99. The number of anilines is 1. The molecule has 0 aliphatic carbocycles. The van der Waals surface area contributed by atoms with E-state index in [2.05, 4.69) is 16.0 Å². The minimum atomic E-state index is -0.548. The fourth-order valence-corrected chi connectivity index (χ4v) is 1.58. The minimum absolute atomic E-state index is 0.132. The molecule has 0 fully saturated rings. The van der Waals surface area contributed by atoms with E-state index in [0.29, 0.717) is 12.2 Å². The molecule has 21 heavy (non-hydrogen) atoms. The van der Waals surface area contributed by atoms with E-state index in [0.717, 1.165) is 6.42 Å². The smallest absolute Gasteiger partial charge is 0.293 e. The average molecular weight is 294 g/mol. The molecule has 0 saturated carbocycles. The number of benzene rings is 1. The Morgan fingerprint density at radius 1 is 1.33 bits per heavy atom. The maximum Gasteiger partial charge on any atom is 0.293 e. The molecule has 1 aromatic carbocycles. The molecule has 1 rings (SSSR count). The number of hydrogen-bond donors (Lipinski definition) is 3. The van der Waals surface area contributed by atoms with Crippen molar-refractivity contribution < 1.29 is 14.5 Å². The molecule has 0 saturated heterocycles. The quantitative estimate of drug-likeness (QED) is 0.510. The van der Waals surface area contributed by atoms with Crippen molar-refractivity contribution in [2.75, 3.05) is 25.5 Å². The van der Waals surface area contributed by atoms with Gasteiger partial charge in [-0.2, -0.15) is 0 Å². The Kier molecular flexibility index (Phi) is 6.12. The van der Waals surface area contributed by atoms with E-state index in [9.17, 15) is 19.7 Å². The number of carbonyl (C=O) groups excluding carboxylic acids is 2. The number of nitro benzene ring substituents is 1. The Morgan fingerprint density at radius 2 is 2.05 bits per heavy atom. The van der Waals surface area contributed by atoms with Gasteiger partial charge in [0, 0.05) is 25.2 Å². The molecule has 0 heterocycles. The Labute approximate surface area is 122 Å². The summed E-state index contributed by atoms with van der Waals surface area (Å²) in [6.07, 6.45) is 0.825. The van der Waals surface area contributed by atoms with Gasteiger partial charge >= 0.3 is 0 Å². The second kappa shape index (κ2) is 7.83. The van der Waals surface area contributed by atoms with Crippen LogP contribution in [0.5, 0.6) is 0 Å². The van der Waals surface area contributed by atoms with Gasteiger partial charge in [-0.1, -0.05) is 6.92 Å². The molecule has 2 amide bonds. The highest BCUT2D eigenvalue weighted by Gasteiger charge is 2.17. The molecule has 3 N–H and O–H groups in total. The summed E-state index contributed by atoms with van der Waals surface area (Å²) in [5, 5.41) is 18.7. The lowest BCUT2D eigenvalue weighted by atomic mass is 10.1. The molecule has 0 spiro atoms. The van der Waals surface area contributed by atoms with Crippen LogP contribution in [0.3, 0.4) is 0 Å². The molecule has 114 valence electrons. The maximum atomic E-state index is 11.8. The molecule has 0 atom stereocenters. The van der Waals surface area contributed by atoms with Gasteiger partial charge in [-0.05, 0) is 18.6 Å². The lowest BCUT2D eigenvalue weighted by Gasteiger charge is -2.08. The fourth-order valence-electron chi connectivity index (χ4n) is 1.58. The van der Waals surface area contributed by atoms with Gasteiger partial charge in [0.1, 0.15) is 5.69 Å². The summed E-state index contributed by atoms with van der Waals surface area (Å²) in [5.41, 5.74) is 0.327. The first-order valence-electron chi connectivity index (χ1n) is 6.50. The van der Waals surface area contributed by atoms with Crippen LogP contribution in [0.25, 0.3) is 0 Å². The molecular formula is C13H18N4O4. The van der Waals surface area contributed by atoms with Crippen LogP contribution in [-0.2, 0) is 4.79 Å². The molecule has 0 radical (unpaired) electrons. The summed E-state index contributed by atoms with van der Waals surface area (Å²) in [4.78, 5) is 33.4. The lowest BCUT2D eigenvalue weighted by Crippen LogP contribution is -2.35. The number of nitrogens with zero attached hydrogens (tertiary/aromatic N) is 1. The third-order valence-electron chi connectivity index (χ3n) is 2.71. The standard InChI is InChI=1S/C13H18N4O4/c1-3-6-15-10-5-4-9(7-11(10)17(20)21)13(19)16-8-12(18)14-2/h4-5,7,15H,3,6,8H2,1-2H3,(H,14,18)(H,16,19). The van der Waals surface area contributed by atoms with E-state index in [4.69, 9.17) is 0 Å². The summed E-state index contributed by atoms with van der Waals surface area (Å²) in [6, 6.07) is 4.16. The van der Waals surface area contributed by atoms with Gasteiger partial charge in [-0.3, -0.25) is 19.7 Å². The van der Waals surface area contributed by atoms with Crippen LogP contribution in [0.1, 0.15) is 23.7 Å². The molecule has 8 heteroatoms. The van der Waals surface area contributed by atoms with Gasteiger partial charge in [-0.25, -0.2) is 0 Å². The number of likely N-dealkylation sites (N-methyl/N-ethyl adjacent to an activating group) is 1. The van der Waals surface area contributed by atoms with Crippen molar-refractivity contribution in [1.29, 1.82) is 0 Å². The third kappa shape index (κ3) is 4.75. The van der Waals surface area contributed by atoms with Crippen molar-refractivity contribution in [2.24, 2.45) is 0 Å². The first-order valence-corrected chi connectivity index (χ1v) is 6.50. The molecule has 0 aliphatic rings. The lowest BCUT2D eigenvalue weighted by molar-refractivity contribution is -0.384. The molecule has 1 aromatic rings. The zero-order valence-electron chi connectivity index (χ0n) is 11.9. The van der Waals surface area contributed by atoms with Crippen LogP contribution >= 0.6 is 0 Å². The zero-order valence-corrected chi connectivity index (χ0v) is 11.9. The van der Waals surface area contributed by atoms with Crippen LogP contribution in [-0.4, -0.2) is 36.9 Å². The predicted molar refractivity (Wildman–Crippen MR) is 78.3 cm³/mol. The Bertz CT molecular complexity index is 545. The number of amides is 2. The fraction of sp³-hybridized carbons (Fsp3) is 0.385. The first kappa shape index (κ1) is 16.4. The van der Waals surface area contributed by atoms with Crippen LogP contribution in [0.2, 0.25) is 0 Å². The second-order valence-electron chi connectivity index (χ2n) is 4.27. The summed E-state index contributed by atoms with van der Waals surface area (Å²) >= 11 is 0. The van der Waals surface area contributed by atoms with Gasteiger partial charge in [0.2, 0.25) is 5.91 Å². The monoisotopic (exact) mass is 294 g/mol. The van der Waals surface area contributed by atoms with Crippen LogP contribution < -0.4 is 16.0 Å². The summed E-state index contributed by atoms with van der Waals surface area (Å²) in [6.45, 7) is 2.36. The van der Waals surface area contributed by atoms with Crippen molar-refractivity contribution in [2.45, 2.75) is 13.3 Å². The SMILES string of the molecule is CCCNc1ccc(C(=O)NCC(=O)NC)cc1[N+](=O)[O-]. The van der Waals surface area contributed by atoms with E-state index in [-0.39, 0.29) is 23.7 Å². The molecule has 0 bridgehead atoms. The van der Waals surface area contributed by atoms with Gasteiger partial charge in [0.05, 0.1) is 11.5 Å². The van der Waals surface area contributed by atoms with Crippen LogP contribution in [0, 0.1) is 10.1 Å². The Morgan fingerprint density at radius 3 is 2.62 bits per heavy atom. The van der Waals surface area contributed by atoms with Gasteiger partial charge in [-0.15, -0.1) is 0 Å². The van der Waals surface area contributed by atoms with E-state index >= 15 is 0 Å². The van der Waals surface area contributed by atoms with Crippen LogP contribution in [0.15, 0.2) is 18.2 Å². The predicted octanol–water partition coefficient (Wildman–Crippen LogP) is 0.892. The minimum Gasteiger partial charge on any atom is -0.380 e. The molecular weight excluding hydrogens is 276 g/mol. The Balaban J connectivity index is 2.89. The van der Waals surface area contributed by atoms with Crippen LogP contribution in [0.4, 0.5) is 11.4 Å². The number of nitrogens with one attached hydrogen (secondary N) is 3. The summed E-state index contributed by atoms with van der Waals surface area (Å²) in [5.74, 6) is -0.886.